The number of aromatic nitrogens is 1. The summed E-state index contributed by atoms with van der Waals surface area (Å²) in [5.41, 5.74) is 3.55. The average Bonchev–Trinajstić information content (AvgIpc) is 3.00. The van der Waals surface area contributed by atoms with E-state index in [0.29, 0.717) is 5.88 Å². The van der Waals surface area contributed by atoms with Gasteiger partial charge in [-0.15, -0.1) is 11.6 Å². The van der Waals surface area contributed by atoms with Gasteiger partial charge in [0, 0.05) is 24.8 Å². The molecule has 2 aliphatic rings. The number of anilines is 1. The highest BCUT2D eigenvalue weighted by atomic mass is 35.5. The molecule has 2 aliphatic carbocycles. The summed E-state index contributed by atoms with van der Waals surface area (Å²) < 4.78 is 0. The molecule has 2 saturated carbocycles. The zero-order chi connectivity index (χ0) is 14.3. The molecule has 3 rings (SSSR count). The topological polar surface area (TPSA) is 16.1 Å². The van der Waals surface area contributed by atoms with Gasteiger partial charge in [0.05, 0.1) is 5.88 Å². The van der Waals surface area contributed by atoms with Crippen molar-refractivity contribution in [2.24, 2.45) is 17.8 Å². The molecule has 2 fully saturated rings. The number of pyridine rings is 1. The fourth-order valence-electron chi connectivity index (χ4n) is 4.36. The third-order valence-electron chi connectivity index (χ3n) is 5.34. The van der Waals surface area contributed by atoms with E-state index in [1.54, 1.807) is 0 Å². The van der Waals surface area contributed by atoms with Gasteiger partial charge < -0.3 is 4.90 Å². The van der Waals surface area contributed by atoms with Crippen LogP contribution in [0.15, 0.2) is 6.07 Å². The number of alkyl halides is 1. The third-order valence-corrected chi connectivity index (χ3v) is 5.61. The van der Waals surface area contributed by atoms with Crippen LogP contribution in [0, 0.1) is 31.6 Å². The maximum Gasteiger partial charge on any atom is 0.133 e. The molecule has 1 aromatic rings. The molecule has 0 N–H and O–H groups in total. The Morgan fingerprint density at radius 2 is 2.10 bits per heavy atom. The molecule has 3 atom stereocenters. The molecule has 3 unspecified atom stereocenters. The van der Waals surface area contributed by atoms with E-state index in [2.05, 4.69) is 31.9 Å². The van der Waals surface area contributed by atoms with Crippen LogP contribution in [-0.4, -0.2) is 18.6 Å². The van der Waals surface area contributed by atoms with Gasteiger partial charge >= 0.3 is 0 Å². The molecular formula is C17H25ClN2. The minimum absolute atomic E-state index is 0.551. The summed E-state index contributed by atoms with van der Waals surface area (Å²) in [5.74, 6) is 4.49. The Morgan fingerprint density at radius 1 is 1.30 bits per heavy atom. The van der Waals surface area contributed by atoms with E-state index in [-0.39, 0.29) is 0 Å². The highest BCUT2D eigenvalue weighted by Gasteiger charge is 2.39. The lowest BCUT2D eigenvalue weighted by molar-refractivity contribution is 0.337. The molecular weight excluding hydrogens is 268 g/mol. The zero-order valence-electron chi connectivity index (χ0n) is 12.8. The number of hydrogen-bond acceptors (Lipinski definition) is 2. The van der Waals surface area contributed by atoms with Crippen LogP contribution >= 0.6 is 11.6 Å². The number of halogens is 1. The van der Waals surface area contributed by atoms with E-state index in [9.17, 15) is 0 Å². The Morgan fingerprint density at radius 3 is 2.70 bits per heavy atom. The monoisotopic (exact) mass is 292 g/mol. The van der Waals surface area contributed by atoms with Gasteiger partial charge in [0.15, 0.2) is 0 Å². The largest absolute Gasteiger partial charge is 0.359 e. The first-order valence-electron chi connectivity index (χ1n) is 7.82. The van der Waals surface area contributed by atoms with Crippen LogP contribution < -0.4 is 4.90 Å². The Kier molecular flexibility index (Phi) is 3.94. The van der Waals surface area contributed by atoms with E-state index in [1.807, 2.05) is 0 Å². The Labute approximate surface area is 127 Å². The molecule has 1 heterocycles. The summed E-state index contributed by atoms with van der Waals surface area (Å²) in [5, 5.41) is 0. The summed E-state index contributed by atoms with van der Waals surface area (Å²) in [4.78, 5) is 7.10. The summed E-state index contributed by atoms with van der Waals surface area (Å²) in [6, 6.07) is 2.13. The van der Waals surface area contributed by atoms with Crippen LogP contribution in [-0.2, 0) is 5.88 Å². The molecule has 0 spiro atoms. The molecule has 1 aromatic heterocycles. The molecule has 0 saturated heterocycles. The summed E-state index contributed by atoms with van der Waals surface area (Å²) in [6.45, 7) is 5.35. The fraction of sp³-hybridized carbons (Fsp3) is 0.706. The second-order valence-electron chi connectivity index (χ2n) is 6.83. The van der Waals surface area contributed by atoms with Crippen molar-refractivity contribution < 1.29 is 0 Å². The van der Waals surface area contributed by atoms with Crippen LogP contribution in [0.2, 0.25) is 0 Å². The van der Waals surface area contributed by atoms with Gasteiger partial charge in [0.1, 0.15) is 5.82 Å². The predicted molar refractivity (Wildman–Crippen MR) is 85.5 cm³/mol. The first-order valence-corrected chi connectivity index (χ1v) is 8.36. The normalized spacial score (nSPS) is 28.1. The first-order chi connectivity index (χ1) is 9.58. The van der Waals surface area contributed by atoms with Crippen LogP contribution in [0.25, 0.3) is 0 Å². The molecule has 3 heteroatoms. The van der Waals surface area contributed by atoms with Crippen molar-refractivity contribution in [3.05, 3.63) is 22.9 Å². The number of fused-ring (bicyclic) bond motifs is 2. The smallest absolute Gasteiger partial charge is 0.133 e. The maximum absolute atomic E-state index is 6.15. The second kappa shape index (κ2) is 5.55. The third kappa shape index (κ3) is 2.55. The Balaban J connectivity index is 1.78. The van der Waals surface area contributed by atoms with Crippen molar-refractivity contribution in [3.8, 4) is 0 Å². The molecule has 0 amide bonds. The number of nitrogens with zero attached hydrogens (tertiary/aromatic N) is 2. The highest BCUT2D eigenvalue weighted by molar-refractivity contribution is 6.17. The predicted octanol–water partition coefficient (Wildman–Crippen LogP) is 4.31. The SMILES string of the molecule is Cc1cc(C)c(CCl)c(N(C)CC2CC3CCC2C3)n1. The average molecular weight is 293 g/mol. The Hall–Kier alpha value is -0.760. The lowest BCUT2D eigenvalue weighted by atomic mass is 9.88. The summed E-state index contributed by atoms with van der Waals surface area (Å²) in [7, 11) is 2.18. The van der Waals surface area contributed by atoms with E-state index in [4.69, 9.17) is 16.6 Å². The van der Waals surface area contributed by atoms with Crippen molar-refractivity contribution in [1.29, 1.82) is 0 Å². The number of hydrogen-bond donors (Lipinski definition) is 0. The molecule has 20 heavy (non-hydrogen) atoms. The van der Waals surface area contributed by atoms with Crippen LogP contribution in [0.4, 0.5) is 5.82 Å². The molecule has 2 bridgehead atoms. The molecule has 2 nitrogen and oxygen atoms in total. The summed E-state index contributed by atoms with van der Waals surface area (Å²) >= 11 is 6.15. The van der Waals surface area contributed by atoms with Gasteiger partial charge in [-0.2, -0.15) is 0 Å². The zero-order valence-corrected chi connectivity index (χ0v) is 13.6. The van der Waals surface area contributed by atoms with Gasteiger partial charge in [-0.1, -0.05) is 6.42 Å². The van der Waals surface area contributed by atoms with Gasteiger partial charge in [0.25, 0.3) is 0 Å². The quantitative estimate of drug-likeness (QED) is 0.769. The van der Waals surface area contributed by atoms with Crippen molar-refractivity contribution in [3.63, 3.8) is 0 Å². The Bertz CT molecular complexity index is 500. The molecule has 0 aromatic carbocycles. The van der Waals surface area contributed by atoms with Gasteiger partial charge in [-0.05, 0) is 62.5 Å². The minimum atomic E-state index is 0.551. The van der Waals surface area contributed by atoms with Crippen molar-refractivity contribution >= 4 is 17.4 Å². The first kappa shape index (κ1) is 14.2. The van der Waals surface area contributed by atoms with E-state index < -0.39 is 0 Å². The van der Waals surface area contributed by atoms with E-state index in [1.165, 1.54) is 36.8 Å². The lowest BCUT2D eigenvalue weighted by Crippen LogP contribution is -2.30. The van der Waals surface area contributed by atoms with E-state index in [0.717, 1.165) is 35.8 Å². The summed E-state index contributed by atoms with van der Waals surface area (Å²) in [6.07, 6.45) is 5.82. The van der Waals surface area contributed by atoms with Crippen molar-refractivity contribution in [1.82, 2.24) is 4.98 Å². The minimum Gasteiger partial charge on any atom is -0.359 e. The van der Waals surface area contributed by atoms with Gasteiger partial charge in [0.2, 0.25) is 0 Å². The molecule has 0 radical (unpaired) electrons. The molecule has 0 aliphatic heterocycles. The maximum atomic E-state index is 6.15. The van der Waals surface area contributed by atoms with E-state index >= 15 is 0 Å². The van der Waals surface area contributed by atoms with Crippen LogP contribution in [0.5, 0.6) is 0 Å². The van der Waals surface area contributed by atoms with Crippen LogP contribution in [0.3, 0.4) is 0 Å². The molecule has 110 valence electrons. The second-order valence-corrected chi connectivity index (χ2v) is 7.10. The number of rotatable bonds is 4. The van der Waals surface area contributed by atoms with Gasteiger partial charge in [-0.3, -0.25) is 0 Å². The van der Waals surface area contributed by atoms with Crippen molar-refractivity contribution in [2.45, 2.75) is 45.4 Å². The van der Waals surface area contributed by atoms with Crippen LogP contribution in [0.1, 0.15) is 42.5 Å². The standard InChI is InChI=1S/C17H25ClN2/c1-11-6-12(2)19-17(16(11)9-18)20(3)10-15-8-13-4-5-14(15)7-13/h6,13-15H,4-5,7-10H2,1-3H3. The highest BCUT2D eigenvalue weighted by Crippen LogP contribution is 2.48. The fourth-order valence-corrected chi connectivity index (χ4v) is 4.69. The number of aryl methyl sites for hydroxylation is 2. The van der Waals surface area contributed by atoms with Crippen molar-refractivity contribution in [2.75, 3.05) is 18.5 Å². The van der Waals surface area contributed by atoms with Gasteiger partial charge in [-0.25, -0.2) is 4.98 Å². The lowest BCUT2D eigenvalue weighted by Gasteiger charge is -2.29.